The summed E-state index contributed by atoms with van der Waals surface area (Å²) < 4.78 is 18.5. The highest BCUT2D eigenvalue weighted by molar-refractivity contribution is 5.89. The number of anilines is 1. The maximum atomic E-state index is 13.2. The van der Waals surface area contributed by atoms with Crippen LogP contribution in [0.4, 0.5) is 14.9 Å². The summed E-state index contributed by atoms with van der Waals surface area (Å²) in [5.74, 6) is 0.432. The third-order valence-corrected chi connectivity index (χ3v) is 4.62. The van der Waals surface area contributed by atoms with Gasteiger partial charge in [-0.2, -0.15) is 0 Å². The van der Waals surface area contributed by atoms with Gasteiger partial charge in [0.15, 0.2) is 0 Å². The first kappa shape index (κ1) is 18.2. The molecule has 0 radical (unpaired) electrons. The summed E-state index contributed by atoms with van der Waals surface area (Å²) >= 11 is 0. The Balaban J connectivity index is 1.64. The Morgan fingerprint density at radius 1 is 1.19 bits per heavy atom. The van der Waals surface area contributed by atoms with Gasteiger partial charge in [0, 0.05) is 12.2 Å². The molecule has 0 aromatic heterocycles. The molecule has 2 N–H and O–H groups in total. The molecule has 0 saturated carbocycles. The molecule has 1 fully saturated rings. The first-order chi connectivity index (χ1) is 12.7. The van der Waals surface area contributed by atoms with Crippen LogP contribution in [0.15, 0.2) is 48.5 Å². The monoisotopic (exact) mass is 357 g/mol. The number of rotatable bonds is 6. The van der Waals surface area contributed by atoms with Crippen molar-refractivity contribution in [1.82, 2.24) is 10.2 Å². The number of carbonyl (C=O) groups excluding carboxylic acids is 1. The maximum absolute atomic E-state index is 13.2. The number of ether oxygens (including phenoxy) is 1. The van der Waals surface area contributed by atoms with Gasteiger partial charge in [-0.05, 0) is 61.8 Å². The van der Waals surface area contributed by atoms with Crippen molar-refractivity contribution in [2.75, 3.05) is 32.1 Å². The van der Waals surface area contributed by atoms with E-state index in [9.17, 15) is 9.18 Å². The van der Waals surface area contributed by atoms with E-state index in [-0.39, 0.29) is 17.9 Å². The Kier molecular flexibility index (Phi) is 6.07. The fourth-order valence-corrected chi connectivity index (χ4v) is 3.27. The second kappa shape index (κ2) is 8.67. The Morgan fingerprint density at radius 2 is 1.92 bits per heavy atom. The summed E-state index contributed by atoms with van der Waals surface area (Å²) in [6.45, 7) is 2.52. The summed E-state index contributed by atoms with van der Waals surface area (Å²) in [6.07, 6.45) is 2.34. The standard InChI is InChI=1S/C20H24FN3O2/c1-26-18-9-7-15(8-10-18)19(24-11-2-3-12-24)14-22-20(25)23-17-6-4-5-16(21)13-17/h4-10,13,19H,2-3,11-12,14H2,1H3,(H2,22,23,25). The molecular formula is C20H24FN3O2. The van der Waals surface area contributed by atoms with Gasteiger partial charge in [-0.3, -0.25) is 4.90 Å². The van der Waals surface area contributed by atoms with Crippen molar-refractivity contribution in [3.8, 4) is 5.75 Å². The quantitative estimate of drug-likeness (QED) is 0.827. The average Bonchev–Trinajstić information content (AvgIpc) is 3.17. The number of halogens is 1. The number of hydrogen-bond donors (Lipinski definition) is 2. The molecule has 0 spiro atoms. The van der Waals surface area contributed by atoms with E-state index in [0.29, 0.717) is 12.2 Å². The SMILES string of the molecule is COc1ccc(C(CNC(=O)Nc2cccc(F)c2)N2CCCC2)cc1. The van der Waals surface area contributed by atoms with Gasteiger partial charge in [0.2, 0.25) is 0 Å². The third-order valence-electron chi connectivity index (χ3n) is 4.62. The number of methoxy groups -OCH3 is 1. The van der Waals surface area contributed by atoms with Crippen molar-refractivity contribution >= 4 is 11.7 Å². The minimum absolute atomic E-state index is 0.0988. The molecule has 0 bridgehead atoms. The average molecular weight is 357 g/mol. The van der Waals surface area contributed by atoms with Crippen molar-refractivity contribution in [2.45, 2.75) is 18.9 Å². The molecule has 5 nitrogen and oxygen atoms in total. The third kappa shape index (κ3) is 4.73. The van der Waals surface area contributed by atoms with E-state index in [1.165, 1.54) is 25.0 Å². The van der Waals surface area contributed by atoms with Crippen LogP contribution in [-0.2, 0) is 0 Å². The molecule has 3 rings (SSSR count). The second-order valence-electron chi connectivity index (χ2n) is 6.38. The lowest BCUT2D eigenvalue weighted by Crippen LogP contribution is -2.38. The number of likely N-dealkylation sites (tertiary alicyclic amines) is 1. The van der Waals surface area contributed by atoms with E-state index < -0.39 is 0 Å². The molecule has 1 aliphatic rings. The van der Waals surface area contributed by atoms with Crippen LogP contribution in [0.25, 0.3) is 0 Å². The van der Waals surface area contributed by atoms with E-state index in [0.717, 1.165) is 24.4 Å². The van der Waals surface area contributed by atoms with E-state index in [1.807, 2.05) is 24.3 Å². The molecule has 2 aromatic rings. The molecule has 1 saturated heterocycles. The molecule has 1 aliphatic heterocycles. The van der Waals surface area contributed by atoms with Crippen molar-refractivity contribution in [1.29, 1.82) is 0 Å². The predicted molar refractivity (Wildman–Crippen MR) is 100.0 cm³/mol. The molecular weight excluding hydrogens is 333 g/mol. The lowest BCUT2D eigenvalue weighted by Gasteiger charge is -2.28. The fourth-order valence-electron chi connectivity index (χ4n) is 3.27. The normalized spacial score (nSPS) is 15.5. The van der Waals surface area contributed by atoms with Crippen LogP contribution in [0, 0.1) is 5.82 Å². The lowest BCUT2D eigenvalue weighted by atomic mass is 10.1. The van der Waals surface area contributed by atoms with E-state index >= 15 is 0 Å². The summed E-state index contributed by atoms with van der Waals surface area (Å²) in [7, 11) is 1.64. The summed E-state index contributed by atoms with van der Waals surface area (Å²) in [6, 6.07) is 13.6. The van der Waals surface area contributed by atoms with Gasteiger partial charge in [0.1, 0.15) is 11.6 Å². The molecule has 2 aromatic carbocycles. The first-order valence-corrected chi connectivity index (χ1v) is 8.84. The number of urea groups is 1. The second-order valence-corrected chi connectivity index (χ2v) is 6.38. The number of benzene rings is 2. The van der Waals surface area contributed by atoms with Crippen LogP contribution in [0.2, 0.25) is 0 Å². The highest BCUT2D eigenvalue weighted by Crippen LogP contribution is 2.26. The number of amides is 2. The van der Waals surface area contributed by atoms with Crippen LogP contribution in [0.3, 0.4) is 0 Å². The first-order valence-electron chi connectivity index (χ1n) is 8.84. The number of nitrogens with zero attached hydrogens (tertiary/aromatic N) is 1. The molecule has 26 heavy (non-hydrogen) atoms. The van der Waals surface area contributed by atoms with E-state index in [2.05, 4.69) is 15.5 Å². The van der Waals surface area contributed by atoms with Gasteiger partial charge >= 0.3 is 6.03 Å². The van der Waals surface area contributed by atoms with Gasteiger partial charge in [-0.25, -0.2) is 9.18 Å². The van der Waals surface area contributed by atoms with Gasteiger partial charge in [-0.15, -0.1) is 0 Å². The molecule has 1 atom stereocenters. The van der Waals surface area contributed by atoms with E-state index in [4.69, 9.17) is 4.74 Å². The minimum atomic E-state index is -0.379. The minimum Gasteiger partial charge on any atom is -0.497 e. The highest BCUT2D eigenvalue weighted by atomic mass is 19.1. The zero-order valence-electron chi connectivity index (χ0n) is 14.9. The number of carbonyl (C=O) groups is 1. The van der Waals surface area contributed by atoms with Crippen molar-refractivity contribution < 1.29 is 13.9 Å². The molecule has 2 amide bonds. The highest BCUT2D eigenvalue weighted by Gasteiger charge is 2.24. The van der Waals surface area contributed by atoms with Crippen LogP contribution in [0.5, 0.6) is 5.75 Å². The van der Waals surface area contributed by atoms with Crippen LogP contribution >= 0.6 is 0 Å². The molecule has 1 heterocycles. The Labute approximate surface area is 153 Å². The van der Waals surface area contributed by atoms with Crippen molar-refractivity contribution in [3.63, 3.8) is 0 Å². The fraction of sp³-hybridized carbons (Fsp3) is 0.350. The molecule has 138 valence electrons. The molecule has 6 heteroatoms. The van der Waals surface area contributed by atoms with Crippen molar-refractivity contribution in [2.24, 2.45) is 0 Å². The molecule has 1 unspecified atom stereocenters. The summed E-state index contributed by atoms with van der Waals surface area (Å²) in [5, 5.41) is 5.58. The Hall–Kier alpha value is -2.60. The Bertz CT molecular complexity index is 730. The topological polar surface area (TPSA) is 53.6 Å². The number of hydrogen-bond acceptors (Lipinski definition) is 3. The van der Waals surface area contributed by atoms with E-state index in [1.54, 1.807) is 19.2 Å². The Morgan fingerprint density at radius 3 is 2.58 bits per heavy atom. The lowest BCUT2D eigenvalue weighted by molar-refractivity contribution is 0.227. The van der Waals surface area contributed by atoms with Gasteiger partial charge < -0.3 is 15.4 Å². The van der Waals surface area contributed by atoms with Crippen LogP contribution in [0.1, 0.15) is 24.4 Å². The summed E-state index contributed by atoms with van der Waals surface area (Å²) in [4.78, 5) is 14.6. The zero-order chi connectivity index (χ0) is 18.4. The van der Waals surface area contributed by atoms with Gasteiger partial charge in [0.05, 0.1) is 13.2 Å². The van der Waals surface area contributed by atoms with Gasteiger partial charge in [-0.1, -0.05) is 18.2 Å². The maximum Gasteiger partial charge on any atom is 0.319 e. The largest absolute Gasteiger partial charge is 0.497 e. The molecule has 0 aliphatic carbocycles. The van der Waals surface area contributed by atoms with Crippen LogP contribution < -0.4 is 15.4 Å². The summed E-state index contributed by atoms with van der Waals surface area (Å²) in [5.41, 5.74) is 1.57. The number of nitrogens with one attached hydrogen (secondary N) is 2. The van der Waals surface area contributed by atoms with Crippen LogP contribution in [-0.4, -0.2) is 37.7 Å². The smallest absolute Gasteiger partial charge is 0.319 e. The van der Waals surface area contributed by atoms with Gasteiger partial charge in [0.25, 0.3) is 0 Å². The predicted octanol–water partition coefficient (Wildman–Crippen LogP) is 3.79. The zero-order valence-corrected chi connectivity index (χ0v) is 14.9. The van der Waals surface area contributed by atoms with Crippen molar-refractivity contribution in [3.05, 3.63) is 59.9 Å².